The van der Waals surface area contributed by atoms with Gasteiger partial charge in [0.25, 0.3) is 0 Å². The van der Waals surface area contributed by atoms with Crippen molar-refractivity contribution in [2.24, 2.45) is 0 Å². The maximum absolute atomic E-state index is 13.6. The van der Waals surface area contributed by atoms with E-state index >= 15 is 0 Å². The molecule has 1 saturated heterocycles. The Kier molecular flexibility index (Phi) is 4.54. The normalized spacial score (nSPS) is 20.8. The minimum atomic E-state index is -0.292. The SMILES string of the molecule is CC1(C)CC(NC(=S)Nc2ccccc2F)CC(C)(C)[NH2+]1. The molecule has 1 aliphatic heterocycles. The summed E-state index contributed by atoms with van der Waals surface area (Å²) >= 11 is 5.33. The van der Waals surface area contributed by atoms with Crippen molar-refractivity contribution in [3.63, 3.8) is 0 Å². The van der Waals surface area contributed by atoms with Gasteiger partial charge in [-0.2, -0.15) is 0 Å². The molecule has 1 aliphatic rings. The van der Waals surface area contributed by atoms with Gasteiger partial charge in [0.1, 0.15) is 5.82 Å². The molecular formula is C16H25FN3S+. The average Bonchev–Trinajstić information content (AvgIpc) is 2.27. The van der Waals surface area contributed by atoms with E-state index < -0.39 is 0 Å². The van der Waals surface area contributed by atoms with Crippen LogP contribution in [0.5, 0.6) is 0 Å². The van der Waals surface area contributed by atoms with E-state index in [2.05, 4.69) is 43.6 Å². The van der Waals surface area contributed by atoms with E-state index in [1.807, 2.05) is 0 Å². The fraction of sp³-hybridized carbons (Fsp3) is 0.562. The van der Waals surface area contributed by atoms with Crippen LogP contribution in [0.15, 0.2) is 24.3 Å². The molecule has 1 aromatic carbocycles. The first-order chi connectivity index (χ1) is 9.67. The lowest BCUT2D eigenvalue weighted by atomic mass is 9.80. The van der Waals surface area contributed by atoms with Gasteiger partial charge < -0.3 is 16.0 Å². The number of piperidine rings is 1. The number of halogens is 1. The van der Waals surface area contributed by atoms with Crippen molar-refractivity contribution in [2.75, 3.05) is 5.32 Å². The minimum Gasteiger partial charge on any atom is -0.359 e. The van der Waals surface area contributed by atoms with Crippen LogP contribution in [0.4, 0.5) is 10.1 Å². The molecule has 0 unspecified atom stereocenters. The van der Waals surface area contributed by atoms with Gasteiger partial charge in [0.05, 0.1) is 16.8 Å². The fourth-order valence-electron chi connectivity index (χ4n) is 3.53. The third-order valence-corrected chi connectivity index (χ3v) is 4.00. The van der Waals surface area contributed by atoms with E-state index in [-0.39, 0.29) is 16.9 Å². The van der Waals surface area contributed by atoms with E-state index in [0.29, 0.717) is 16.8 Å². The number of hydrogen-bond donors (Lipinski definition) is 3. The molecule has 0 atom stereocenters. The van der Waals surface area contributed by atoms with Gasteiger partial charge in [-0.15, -0.1) is 0 Å². The fourth-order valence-corrected chi connectivity index (χ4v) is 3.80. The molecule has 0 spiro atoms. The second kappa shape index (κ2) is 5.89. The van der Waals surface area contributed by atoms with E-state index in [1.165, 1.54) is 6.07 Å². The average molecular weight is 310 g/mol. The topological polar surface area (TPSA) is 40.7 Å². The van der Waals surface area contributed by atoms with E-state index in [0.717, 1.165) is 12.8 Å². The molecule has 5 heteroatoms. The number of hydrogen-bond acceptors (Lipinski definition) is 1. The lowest BCUT2D eigenvalue weighted by molar-refractivity contribution is -0.787. The van der Waals surface area contributed by atoms with Crippen LogP contribution in [0.2, 0.25) is 0 Å². The molecule has 4 N–H and O–H groups in total. The third kappa shape index (κ3) is 4.64. The standard InChI is InChI=1S/C16H24FN3S/c1-15(2)9-11(10-16(3,4)20-15)18-14(21)19-13-8-6-5-7-12(13)17/h5-8,11,20H,9-10H2,1-4H3,(H2,18,19,21)/p+1. The number of nitrogens with two attached hydrogens (primary N) is 1. The largest absolute Gasteiger partial charge is 0.359 e. The molecule has 0 bridgehead atoms. The Hall–Kier alpha value is -1.20. The highest BCUT2D eigenvalue weighted by Crippen LogP contribution is 2.22. The Bertz CT molecular complexity index is 512. The molecule has 1 aromatic rings. The summed E-state index contributed by atoms with van der Waals surface area (Å²) in [7, 11) is 0. The summed E-state index contributed by atoms with van der Waals surface area (Å²) in [6.07, 6.45) is 2.05. The predicted octanol–water partition coefficient (Wildman–Crippen LogP) is 2.40. The van der Waals surface area contributed by atoms with Gasteiger partial charge in [-0.3, -0.25) is 0 Å². The Morgan fingerprint density at radius 2 is 1.76 bits per heavy atom. The number of para-hydroxylation sites is 1. The molecule has 0 saturated carbocycles. The van der Waals surface area contributed by atoms with Crippen molar-refractivity contribution in [3.05, 3.63) is 30.1 Å². The summed E-state index contributed by atoms with van der Waals surface area (Å²) in [6, 6.07) is 6.86. The second-order valence-corrected chi connectivity index (χ2v) is 7.71. The van der Waals surface area contributed by atoms with Gasteiger partial charge >= 0.3 is 0 Å². The van der Waals surface area contributed by atoms with Crippen LogP contribution < -0.4 is 16.0 Å². The van der Waals surface area contributed by atoms with Crippen molar-refractivity contribution >= 4 is 23.0 Å². The van der Waals surface area contributed by atoms with Crippen molar-refractivity contribution in [3.8, 4) is 0 Å². The van der Waals surface area contributed by atoms with Crippen LogP contribution in [-0.2, 0) is 0 Å². The highest BCUT2D eigenvalue weighted by molar-refractivity contribution is 7.80. The first-order valence-electron chi connectivity index (χ1n) is 7.36. The maximum Gasteiger partial charge on any atom is 0.171 e. The summed E-state index contributed by atoms with van der Waals surface area (Å²) in [5.41, 5.74) is 0.760. The molecule has 3 nitrogen and oxygen atoms in total. The Labute approximate surface area is 131 Å². The number of benzene rings is 1. The Balaban J connectivity index is 1.98. The summed E-state index contributed by atoms with van der Waals surface area (Å²) in [5.74, 6) is -0.292. The second-order valence-electron chi connectivity index (χ2n) is 7.30. The van der Waals surface area contributed by atoms with Crippen LogP contribution in [0.3, 0.4) is 0 Å². The summed E-state index contributed by atoms with van der Waals surface area (Å²) in [6.45, 7) is 8.98. The zero-order valence-electron chi connectivity index (χ0n) is 13.2. The van der Waals surface area contributed by atoms with Gasteiger partial charge in [0.2, 0.25) is 0 Å². The van der Waals surface area contributed by atoms with Gasteiger partial charge in [-0.25, -0.2) is 4.39 Å². The quantitative estimate of drug-likeness (QED) is 0.735. The maximum atomic E-state index is 13.6. The first kappa shape index (κ1) is 16.2. The van der Waals surface area contributed by atoms with E-state index in [9.17, 15) is 4.39 Å². The van der Waals surface area contributed by atoms with E-state index in [1.54, 1.807) is 18.2 Å². The molecule has 0 radical (unpaired) electrons. The molecule has 2 rings (SSSR count). The zero-order valence-corrected chi connectivity index (χ0v) is 14.0. The van der Waals surface area contributed by atoms with Crippen molar-refractivity contribution in [1.82, 2.24) is 5.32 Å². The van der Waals surface area contributed by atoms with Crippen LogP contribution in [0.1, 0.15) is 40.5 Å². The number of thiocarbonyl (C=S) groups is 1. The number of nitrogens with one attached hydrogen (secondary N) is 2. The van der Waals surface area contributed by atoms with Crippen LogP contribution in [0, 0.1) is 5.82 Å². The Morgan fingerprint density at radius 3 is 2.33 bits per heavy atom. The molecule has 0 aliphatic carbocycles. The van der Waals surface area contributed by atoms with Crippen molar-refractivity contribution in [2.45, 2.75) is 57.7 Å². The van der Waals surface area contributed by atoms with Crippen LogP contribution >= 0.6 is 12.2 Å². The lowest BCUT2D eigenvalue weighted by Gasteiger charge is -2.43. The summed E-state index contributed by atoms with van der Waals surface area (Å²) < 4.78 is 13.6. The van der Waals surface area contributed by atoms with E-state index in [4.69, 9.17) is 12.2 Å². The molecule has 1 heterocycles. The van der Waals surface area contributed by atoms with Crippen molar-refractivity contribution < 1.29 is 9.71 Å². The highest BCUT2D eigenvalue weighted by atomic mass is 32.1. The first-order valence-corrected chi connectivity index (χ1v) is 7.77. The van der Waals surface area contributed by atoms with Gasteiger partial charge in [0, 0.05) is 18.9 Å². The monoisotopic (exact) mass is 310 g/mol. The Morgan fingerprint density at radius 1 is 1.19 bits per heavy atom. The van der Waals surface area contributed by atoms with Gasteiger partial charge in [-0.1, -0.05) is 12.1 Å². The molecule has 0 amide bonds. The molecule has 1 fully saturated rings. The smallest absolute Gasteiger partial charge is 0.171 e. The molecule has 21 heavy (non-hydrogen) atoms. The number of quaternary nitrogens is 1. The van der Waals surface area contributed by atoms with Crippen molar-refractivity contribution in [1.29, 1.82) is 0 Å². The number of rotatable bonds is 2. The third-order valence-electron chi connectivity index (χ3n) is 3.78. The summed E-state index contributed by atoms with van der Waals surface area (Å²) in [4.78, 5) is 0. The molecule has 0 aromatic heterocycles. The van der Waals surface area contributed by atoms with Gasteiger partial charge in [0.15, 0.2) is 5.11 Å². The lowest BCUT2D eigenvalue weighted by Crippen LogP contribution is -3.06. The molecule has 116 valence electrons. The van der Waals surface area contributed by atoms with Gasteiger partial charge in [-0.05, 0) is 52.0 Å². The van der Waals surface area contributed by atoms with Crippen LogP contribution in [0.25, 0.3) is 0 Å². The minimum absolute atomic E-state index is 0.174. The van der Waals surface area contributed by atoms with Crippen LogP contribution in [-0.4, -0.2) is 22.2 Å². The molecular weight excluding hydrogens is 285 g/mol. The number of anilines is 1. The summed E-state index contributed by atoms with van der Waals surface area (Å²) in [5, 5.41) is 9.19. The zero-order chi connectivity index (χ0) is 15.7. The highest BCUT2D eigenvalue weighted by Gasteiger charge is 2.41. The predicted molar refractivity (Wildman–Crippen MR) is 88.9 cm³/mol.